The normalized spacial score (nSPS) is 11.6. The first-order valence-corrected chi connectivity index (χ1v) is 18.5. The van der Waals surface area contributed by atoms with Gasteiger partial charge in [0.05, 0.1) is 5.69 Å². The topological polar surface area (TPSA) is 42.4 Å². The number of nitrogens with zero attached hydrogens (tertiary/aromatic N) is 2. The van der Waals surface area contributed by atoms with Crippen molar-refractivity contribution in [3.8, 4) is 33.7 Å². The summed E-state index contributed by atoms with van der Waals surface area (Å²) >= 11 is 0. The minimum Gasteiger partial charge on any atom is -0.456 e. The number of oxazole rings is 1. The third kappa shape index (κ3) is 5.19. The Morgan fingerprint density at radius 2 is 1.05 bits per heavy atom. The Balaban J connectivity index is 1.13. The first-order valence-electron chi connectivity index (χ1n) is 18.5. The number of aromatic nitrogens is 1. The van der Waals surface area contributed by atoms with E-state index in [0.717, 1.165) is 77.9 Å². The number of anilines is 3. The first-order chi connectivity index (χ1) is 27.3. The van der Waals surface area contributed by atoms with Gasteiger partial charge in [0.25, 0.3) is 0 Å². The molecule has 2 heterocycles. The standard InChI is InChI=1S/C51H32N2O2/c1-3-13-33(14-4-1)41-19-9-11-21-45(41)53(39-30-25-35-24-23-34-15-7-8-18-40(34)43(35)31-39)38-28-26-36(27-29-38)48-49-42-20-10-12-22-46(42)54-47(49)32-44-50(48)55-51(52-44)37-16-5-2-6-17-37/h1-32H. The molecule has 0 aliphatic rings. The van der Waals surface area contributed by atoms with Gasteiger partial charge in [0, 0.05) is 44.9 Å². The average molecular weight is 705 g/mol. The van der Waals surface area contributed by atoms with Crippen LogP contribution in [-0.4, -0.2) is 4.98 Å². The maximum atomic E-state index is 6.66. The molecule has 11 aromatic rings. The van der Waals surface area contributed by atoms with Crippen LogP contribution in [0.4, 0.5) is 17.1 Å². The molecule has 0 amide bonds. The van der Waals surface area contributed by atoms with Crippen LogP contribution in [0.5, 0.6) is 0 Å². The second-order valence-electron chi connectivity index (χ2n) is 13.9. The van der Waals surface area contributed by atoms with Gasteiger partial charge in [-0.25, -0.2) is 4.98 Å². The molecule has 55 heavy (non-hydrogen) atoms. The number of benzene rings is 9. The highest BCUT2D eigenvalue weighted by molar-refractivity contribution is 6.19. The minimum absolute atomic E-state index is 0.581. The predicted molar refractivity (Wildman–Crippen MR) is 227 cm³/mol. The van der Waals surface area contributed by atoms with Gasteiger partial charge in [0.15, 0.2) is 5.58 Å². The first kappa shape index (κ1) is 31.1. The van der Waals surface area contributed by atoms with Gasteiger partial charge in [-0.05, 0) is 81.2 Å². The van der Waals surface area contributed by atoms with Gasteiger partial charge in [0.2, 0.25) is 5.89 Å². The molecule has 2 aromatic heterocycles. The number of hydrogen-bond acceptors (Lipinski definition) is 4. The second kappa shape index (κ2) is 12.6. The molecule has 0 unspecified atom stereocenters. The van der Waals surface area contributed by atoms with E-state index >= 15 is 0 Å². The highest BCUT2D eigenvalue weighted by Gasteiger charge is 2.23. The van der Waals surface area contributed by atoms with E-state index in [4.69, 9.17) is 13.8 Å². The van der Waals surface area contributed by atoms with Crippen molar-refractivity contribution >= 4 is 71.6 Å². The van der Waals surface area contributed by atoms with Crippen molar-refractivity contribution in [3.63, 3.8) is 0 Å². The van der Waals surface area contributed by atoms with E-state index in [2.05, 4.69) is 150 Å². The summed E-state index contributed by atoms with van der Waals surface area (Å²) in [6.07, 6.45) is 0. The Bertz CT molecular complexity index is 3200. The molecule has 11 rings (SSSR count). The van der Waals surface area contributed by atoms with Crippen LogP contribution in [-0.2, 0) is 0 Å². The Morgan fingerprint density at radius 1 is 0.418 bits per heavy atom. The molecule has 0 radical (unpaired) electrons. The highest BCUT2D eigenvalue weighted by atomic mass is 16.4. The molecule has 0 N–H and O–H groups in total. The molecule has 0 aliphatic carbocycles. The smallest absolute Gasteiger partial charge is 0.227 e. The molecule has 0 aliphatic heterocycles. The lowest BCUT2D eigenvalue weighted by Crippen LogP contribution is -2.11. The maximum Gasteiger partial charge on any atom is 0.227 e. The van der Waals surface area contributed by atoms with Crippen LogP contribution in [0, 0.1) is 0 Å². The van der Waals surface area contributed by atoms with Crippen molar-refractivity contribution in [2.75, 3.05) is 4.90 Å². The van der Waals surface area contributed by atoms with Gasteiger partial charge >= 0.3 is 0 Å². The number of fused-ring (bicyclic) bond motifs is 7. The molecular weight excluding hydrogens is 673 g/mol. The Kier molecular flexibility index (Phi) is 7.14. The van der Waals surface area contributed by atoms with E-state index in [1.54, 1.807) is 0 Å². The van der Waals surface area contributed by atoms with Crippen molar-refractivity contribution in [3.05, 3.63) is 194 Å². The zero-order chi connectivity index (χ0) is 36.3. The van der Waals surface area contributed by atoms with Crippen molar-refractivity contribution in [2.24, 2.45) is 0 Å². The molecule has 0 atom stereocenters. The molecule has 9 aromatic carbocycles. The van der Waals surface area contributed by atoms with Gasteiger partial charge in [-0.2, -0.15) is 0 Å². The third-order valence-electron chi connectivity index (χ3n) is 10.7. The van der Waals surface area contributed by atoms with Crippen LogP contribution >= 0.6 is 0 Å². The Hall–Kier alpha value is -7.43. The molecule has 0 bridgehead atoms. The second-order valence-corrected chi connectivity index (χ2v) is 13.9. The molecule has 0 saturated heterocycles. The number of para-hydroxylation sites is 2. The summed E-state index contributed by atoms with van der Waals surface area (Å²) in [5.41, 5.74) is 11.5. The van der Waals surface area contributed by atoms with Gasteiger partial charge in [0.1, 0.15) is 16.7 Å². The summed E-state index contributed by atoms with van der Waals surface area (Å²) in [5.74, 6) is 0.581. The fraction of sp³-hybridized carbons (Fsp3) is 0. The Morgan fingerprint density at radius 3 is 1.87 bits per heavy atom. The molecule has 0 saturated carbocycles. The number of hydrogen-bond donors (Lipinski definition) is 0. The van der Waals surface area contributed by atoms with E-state index in [9.17, 15) is 0 Å². The van der Waals surface area contributed by atoms with Crippen molar-refractivity contribution < 1.29 is 8.83 Å². The molecule has 4 nitrogen and oxygen atoms in total. The third-order valence-corrected chi connectivity index (χ3v) is 10.7. The summed E-state index contributed by atoms with van der Waals surface area (Å²) in [5, 5.41) is 6.94. The van der Waals surface area contributed by atoms with Crippen LogP contribution in [0.25, 0.3) is 88.3 Å². The van der Waals surface area contributed by atoms with E-state index in [1.165, 1.54) is 21.5 Å². The monoisotopic (exact) mass is 704 g/mol. The number of rotatable bonds is 6. The largest absolute Gasteiger partial charge is 0.456 e. The molecule has 0 fully saturated rings. The summed E-state index contributed by atoms with van der Waals surface area (Å²) in [7, 11) is 0. The van der Waals surface area contributed by atoms with E-state index in [0.29, 0.717) is 5.89 Å². The lowest BCUT2D eigenvalue weighted by molar-refractivity contribution is 0.621. The van der Waals surface area contributed by atoms with Crippen LogP contribution < -0.4 is 4.90 Å². The maximum absolute atomic E-state index is 6.66. The summed E-state index contributed by atoms with van der Waals surface area (Å²) in [4.78, 5) is 7.34. The summed E-state index contributed by atoms with van der Waals surface area (Å²) < 4.78 is 13.1. The van der Waals surface area contributed by atoms with E-state index in [-0.39, 0.29) is 0 Å². The quantitative estimate of drug-likeness (QED) is 0.162. The zero-order valence-electron chi connectivity index (χ0n) is 29.7. The van der Waals surface area contributed by atoms with Crippen LogP contribution in [0.2, 0.25) is 0 Å². The van der Waals surface area contributed by atoms with Crippen molar-refractivity contribution in [2.45, 2.75) is 0 Å². The van der Waals surface area contributed by atoms with Crippen LogP contribution in [0.1, 0.15) is 0 Å². The zero-order valence-corrected chi connectivity index (χ0v) is 29.7. The Labute approximate surface area is 317 Å². The molecule has 258 valence electrons. The molecule has 0 spiro atoms. The molecule has 4 heteroatoms. The van der Waals surface area contributed by atoms with Gasteiger partial charge in [-0.3, -0.25) is 0 Å². The van der Waals surface area contributed by atoms with Crippen LogP contribution in [0.3, 0.4) is 0 Å². The fourth-order valence-corrected chi connectivity index (χ4v) is 8.11. The van der Waals surface area contributed by atoms with Crippen LogP contribution in [0.15, 0.2) is 203 Å². The lowest BCUT2D eigenvalue weighted by atomic mass is 9.97. The predicted octanol–water partition coefficient (Wildman–Crippen LogP) is 14.5. The highest BCUT2D eigenvalue weighted by Crippen LogP contribution is 2.46. The summed E-state index contributed by atoms with van der Waals surface area (Å²) in [6.45, 7) is 0. The van der Waals surface area contributed by atoms with Gasteiger partial charge in [-0.15, -0.1) is 0 Å². The summed E-state index contributed by atoms with van der Waals surface area (Å²) in [6, 6.07) is 68.2. The van der Waals surface area contributed by atoms with E-state index < -0.39 is 0 Å². The number of furan rings is 1. The molecular formula is C51H32N2O2. The van der Waals surface area contributed by atoms with Crippen molar-refractivity contribution in [1.29, 1.82) is 0 Å². The average Bonchev–Trinajstić information content (AvgIpc) is 3.85. The SMILES string of the molecule is c1ccc(-c2nc3cc4oc5ccccc5c4c(-c4ccc(N(c5ccc6ccc7ccccc7c6c5)c5ccccc5-c5ccccc5)cc4)c3o2)cc1. The van der Waals surface area contributed by atoms with Gasteiger partial charge in [-0.1, -0.05) is 140 Å². The van der Waals surface area contributed by atoms with E-state index in [1.807, 2.05) is 48.5 Å². The minimum atomic E-state index is 0.581. The lowest BCUT2D eigenvalue weighted by Gasteiger charge is -2.28. The fourth-order valence-electron chi connectivity index (χ4n) is 8.11. The van der Waals surface area contributed by atoms with Gasteiger partial charge < -0.3 is 13.7 Å². The van der Waals surface area contributed by atoms with Crippen molar-refractivity contribution in [1.82, 2.24) is 4.98 Å².